The van der Waals surface area contributed by atoms with Crippen LogP contribution in [0.25, 0.3) is 34.4 Å². The molecule has 0 nitrogen and oxygen atoms in total. The number of rotatable bonds is 4. The van der Waals surface area contributed by atoms with Crippen LogP contribution in [0.1, 0.15) is 65.6 Å². The van der Waals surface area contributed by atoms with E-state index in [1.807, 2.05) is 26.0 Å². The first-order chi connectivity index (χ1) is 24.0. The average Bonchev–Trinajstić information content (AvgIpc) is 3.54. The molecule has 6 rings (SSSR count). The van der Waals surface area contributed by atoms with Crippen LogP contribution in [0.5, 0.6) is 0 Å². The summed E-state index contributed by atoms with van der Waals surface area (Å²) in [6.45, 7) is 8.03. The maximum Gasteiger partial charge on any atom is -1.00 e. The SMILES string of the molecule is CC1=Cc2c(-c3ccc(C(F)(F)F)cc3C(F)(F)F)cccc2[CH]1[Zr+2]([CH]1C(C)=Cc2c(-c3ccc(C(F)(F)F)cc3C(F)(F)F)cccc21)=[Si](C)C.[Cl-].[Cl-]. The summed E-state index contributed by atoms with van der Waals surface area (Å²) in [7, 11) is 0. The minimum absolute atomic E-state index is 0. The summed E-state index contributed by atoms with van der Waals surface area (Å²) in [6.07, 6.45) is -16.5. The van der Waals surface area contributed by atoms with Gasteiger partial charge in [0.25, 0.3) is 0 Å². The van der Waals surface area contributed by atoms with Crippen LogP contribution in [-0.4, -0.2) is 5.43 Å². The van der Waals surface area contributed by atoms with Crippen LogP contribution < -0.4 is 24.8 Å². The van der Waals surface area contributed by atoms with Crippen molar-refractivity contribution in [2.75, 3.05) is 0 Å². The first-order valence-corrected chi connectivity index (χ1v) is 24.9. The van der Waals surface area contributed by atoms with Crippen molar-refractivity contribution in [1.29, 1.82) is 0 Å². The zero-order valence-electron chi connectivity index (χ0n) is 28.5. The fourth-order valence-corrected chi connectivity index (χ4v) is 28.3. The van der Waals surface area contributed by atoms with E-state index in [1.165, 1.54) is 12.1 Å². The minimum atomic E-state index is -5.08. The molecule has 0 N–H and O–H groups in total. The third-order valence-electron chi connectivity index (χ3n) is 9.64. The van der Waals surface area contributed by atoms with Crippen molar-refractivity contribution in [3.8, 4) is 22.3 Å². The second kappa shape index (κ2) is 15.3. The zero-order chi connectivity index (χ0) is 38.3. The van der Waals surface area contributed by atoms with Gasteiger partial charge in [-0.3, -0.25) is 0 Å². The molecule has 0 bridgehead atoms. The summed E-state index contributed by atoms with van der Waals surface area (Å²) in [5, 5.41) is 0. The van der Waals surface area contributed by atoms with Gasteiger partial charge in [-0.2, -0.15) is 0 Å². The van der Waals surface area contributed by atoms with Crippen molar-refractivity contribution in [2.24, 2.45) is 0 Å². The van der Waals surface area contributed by atoms with Crippen molar-refractivity contribution in [1.82, 2.24) is 0 Å². The summed E-state index contributed by atoms with van der Waals surface area (Å²) in [5.74, 6) is 0. The Kier molecular flexibility index (Phi) is 12.4. The van der Waals surface area contributed by atoms with E-state index >= 15 is 0 Å². The standard InChI is InChI=1S/2C18H11F6.C2H6Si.2ClH.Zr/c2*1-10-7-11-3-2-4-13(15(11)8-10)14-6-5-12(17(19,20)21)9-16(14)18(22,23)24;1-3-2;;;/h2*2-9H,1H3;1-2H3;2*1H;/q;;;;;+2/p-2. The molecule has 0 radical (unpaired) electrons. The van der Waals surface area contributed by atoms with Crippen LogP contribution >= 0.6 is 0 Å². The van der Waals surface area contributed by atoms with E-state index < -0.39 is 72.8 Å². The fourth-order valence-electron chi connectivity index (χ4n) is 7.52. The van der Waals surface area contributed by atoms with E-state index in [-0.39, 0.29) is 66.5 Å². The molecule has 2 atom stereocenters. The number of fused-ring (bicyclic) bond motifs is 2. The molecule has 0 fully saturated rings. The monoisotopic (exact) mass is 900 g/mol. The minimum Gasteiger partial charge on any atom is -1.00 e. The number of hydrogen-bond acceptors (Lipinski definition) is 0. The van der Waals surface area contributed by atoms with Crippen LogP contribution in [0.3, 0.4) is 0 Å². The van der Waals surface area contributed by atoms with Gasteiger partial charge >= 0.3 is 300 Å². The van der Waals surface area contributed by atoms with Gasteiger partial charge in [-0.25, -0.2) is 0 Å². The molecule has 2 aliphatic carbocycles. The number of alkyl halides is 12. The summed E-state index contributed by atoms with van der Waals surface area (Å²) in [4.78, 5) is 0. The van der Waals surface area contributed by atoms with Crippen molar-refractivity contribution in [3.05, 3.63) is 128 Å². The smallest absolute Gasteiger partial charge is 1.00 e. The maximum atomic E-state index is 14.3. The van der Waals surface area contributed by atoms with Crippen molar-refractivity contribution in [2.45, 2.75) is 58.9 Å². The van der Waals surface area contributed by atoms with Gasteiger partial charge in [0.1, 0.15) is 0 Å². The third-order valence-corrected chi connectivity index (χ3v) is 29.6. The first-order valence-electron chi connectivity index (χ1n) is 15.9. The Balaban J connectivity index is 0.00000325. The van der Waals surface area contributed by atoms with Crippen LogP contribution in [0.4, 0.5) is 52.7 Å². The Morgan fingerprint density at radius 1 is 0.481 bits per heavy atom. The predicted molar refractivity (Wildman–Crippen MR) is 174 cm³/mol. The molecule has 0 saturated carbocycles. The predicted octanol–water partition coefficient (Wildman–Crippen LogP) is 7.59. The Hall–Kier alpha value is -2.80. The van der Waals surface area contributed by atoms with Crippen LogP contribution in [-0.2, 0) is 45.1 Å². The van der Waals surface area contributed by atoms with E-state index in [1.54, 1.807) is 24.3 Å². The summed E-state index contributed by atoms with van der Waals surface area (Å²) in [5.41, 5.74) is -2.95. The van der Waals surface area contributed by atoms with Gasteiger partial charge < -0.3 is 24.8 Å². The molecule has 2 aliphatic rings. The van der Waals surface area contributed by atoms with E-state index in [9.17, 15) is 52.7 Å². The number of benzene rings is 4. The second-order valence-corrected chi connectivity index (χ2v) is 31.1. The first kappa shape index (κ1) is 43.9. The Bertz CT molecular complexity index is 2060. The molecule has 4 aromatic carbocycles. The van der Waals surface area contributed by atoms with Gasteiger partial charge in [0.15, 0.2) is 0 Å². The van der Waals surface area contributed by atoms with Gasteiger partial charge in [-0.1, -0.05) is 0 Å². The Labute approximate surface area is 323 Å². The molecule has 286 valence electrons. The van der Waals surface area contributed by atoms with E-state index in [0.29, 0.717) is 23.3 Å². The summed E-state index contributed by atoms with van der Waals surface area (Å²) < 4.78 is 166. The topological polar surface area (TPSA) is 0 Å². The van der Waals surface area contributed by atoms with E-state index in [0.717, 1.165) is 34.4 Å². The van der Waals surface area contributed by atoms with Crippen molar-refractivity contribution < 1.29 is 97.9 Å². The van der Waals surface area contributed by atoms with Gasteiger partial charge in [0.2, 0.25) is 0 Å². The van der Waals surface area contributed by atoms with Gasteiger partial charge in [-0.05, 0) is 0 Å². The van der Waals surface area contributed by atoms with Crippen molar-refractivity contribution >= 4 is 17.6 Å². The molecule has 0 heterocycles. The number of hydrogen-bond donors (Lipinski definition) is 0. The summed E-state index contributed by atoms with van der Waals surface area (Å²) >= 11 is -2.98. The van der Waals surface area contributed by atoms with Crippen LogP contribution in [0.15, 0.2) is 83.9 Å². The molecule has 54 heavy (non-hydrogen) atoms. The quantitative estimate of drug-likeness (QED) is 0.147. The average molecular weight is 903 g/mol. The van der Waals surface area contributed by atoms with Crippen LogP contribution in [0, 0.1) is 0 Å². The number of halogens is 14. The molecule has 0 aliphatic heterocycles. The fraction of sp³-hybridized carbons (Fsp3) is 0.263. The van der Waals surface area contributed by atoms with Gasteiger partial charge in [0.05, 0.1) is 0 Å². The Morgan fingerprint density at radius 2 is 0.833 bits per heavy atom. The maximum absolute atomic E-state index is 14.3. The van der Waals surface area contributed by atoms with Gasteiger partial charge in [-0.15, -0.1) is 0 Å². The molecule has 4 aromatic rings. The van der Waals surface area contributed by atoms with Crippen molar-refractivity contribution in [3.63, 3.8) is 0 Å². The largest absolute Gasteiger partial charge is 1.00 e. The Morgan fingerprint density at radius 3 is 1.13 bits per heavy atom. The molecule has 2 unspecified atom stereocenters. The summed E-state index contributed by atoms with van der Waals surface area (Å²) in [6, 6.07) is 13.0. The number of allylic oxidation sites excluding steroid dienone is 2. The van der Waals surface area contributed by atoms with E-state index in [2.05, 4.69) is 13.1 Å². The molecule has 0 saturated heterocycles. The van der Waals surface area contributed by atoms with Crippen LogP contribution in [0.2, 0.25) is 13.1 Å². The third kappa shape index (κ3) is 8.04. The van der Waals surface area contributed by atoms with E-state index in [4.69, 9.17) is 0 Å². The molecule has 0 amide bonds. The zero-order valence-corrected chi connectivity index (χ0v) is 33.5. The molecule has 0 spiro atoms. The normalized spacial score (nSPS) is 16.6. The van der Waals surface area contributed by atoms with Gasteiger partial charge in [0, 0.05) is 0 Å². The molecule has 16 heteroatoms. The molecule has 0 aromatic heterocycles. The second-order valence-electron chi connectivity index (χ2n) is 13.2. The molecular formula is C38H28Cl2F12SiZr. The molecular weight excluding hydrogens is 875 g/mol.